The zero-order valence-corrected chi connectivity index (χ0v) is 17.9. The number of ketones is 1. The molecule has 1 heterocycles. The second kappa shape index (κ2) is 7.99. The Labute approximate surface area is 184 Å². The summed E-state index contributed by atoms with van der Waals surface area (Å²) >= 11 is 12.2. The smallest absolute Gasteiger partial charge is 0.230 e. The normalized spacial score (nSPS) is 11.1. The van der Waals surface area contributed by atoms with Crippen LogP contribution in [0.2, 0.25) is 10.0 Å². The van der Waals surface area contributed by atoms with E-state index >= 15 is 0 Å². The largest absolute Gasteiger partial charge is 0.452 e. The van der Waals surface area contributed by atoms with Gasteiger partial charge in [0.25, 0.3) is 0 Å². The van der Waals surface area contributed by atoms with Crippen molar-refractivity contribution >= 4 is 40.0 Å². The highest BCUT2D eigenvalue weighted by Gasteiger charge is 2.25. The van der Waals surface area contributed by atoms with Gasteiger partial charge in [0, 0.05) is 21.5 Å². The maximum Gasteiger partial charge on any atom is 0.230 e. The van der Waals surface area contributed by atoms with Crippen molar-refractivity contribution in [1.29, 1.82) is 5.26 Å². The molecule has 5 heteroatoms. The third-order valence-corrected chi connectivity index (χ3v) is 5.56. The summed E-state index contributed by atoms with van der Waals surface area (Å²) in [4.78, 5) is 13.3. The van der Waals surface area contributed by atoms with Crippen LogP contribution in [0, 0.1) is 11.3 Å². The maximum absolute atomic E-state index is 13.3. The first-order chi connectivity index (χ1) is 14.4. The summed E-state index contributed by atoms with van der Waals surface area (Å²) in [5.41, 5.74) is 4.22. The van der Waals surface area contributed by atoms with Gasteiger partial charge in [0.15, 0.2) is 5.76 Å². The standard InChI is InChI=1S/C25H17Cl2NO2/c1-14(2)23-20-8-6-17(16-5-3-4-15(10-16)13-28)11-22(20)30-25(23)24(29)19-9-7-18(26)12-21(19)27/h3-12,14H,1-2H3. The molecule has 0 saturated heterocycles. The molecule has 148 valence electrons. The monoisotopic (exact) mass is 433 g/mol. The van der Waals surface area contributed by atoms with Gasteiger partial charge in [0.05, 0.1) is 16.7 Å². The molecule has 3 aromatic carbocycles. The van der Waals surface area contributed by atoms with E-state index in [1.807, 2.05) is 50.2 Å². The summed E-state index contributed by atoms with van der Waals surface area (Å²) in [6.07, 6.45) is 0. The van der Waals surface area contributed by atoms with Gasteiger partial charge in [-0.1, -0.05) is 61.3 Å². The molecule has 0 fully saturated rings. The minimum absolute atomic E-state index is 0.0732. The first-order valence-electron chi connectivity index (χ1n) is 9.45. The Kier molecular flexibility index (Phi) is 5.39. The summed E-state index contributed by atoms with van der Waals surface area (Å²) in [6, 6.07) is 20.2. The minimum atomic E-state index is -0.274. The lowest BCUT2D eigenvalue weighted by Gasteiger charge is -2.07. The second-order valence-electron chi connectivity index (χ2n) is 7.36. The number of benzene rings is 3. The predicted octanol–water partition coefficient (Wildman–Crippen LogP) is 7.63. The number of carbonyl (C=O) groups is 1. The van der Waals surface area contributed by atoms with Crippen LogP contribution in [0.1, 0.15) is 47.0 Å². The fraction of sp³-hybridized carbons (Fsp3) is 0.120. The molecule has 30 heavy (non-hydrogen) atoms. The fourth-order valence-corrected chi connectivity index (χ4v) is 4.10. The zero-order valence-electron chi connectivity index (χ0n) is 16.4. The third-order valence-electron chi connectivity index (χ3n) is 5.01. The number of fused-ring (bicyclic) bond motifs is 1. The fourth-order valence-electron chi connectivity index (χ4n) is 3.60. The molecule has 0 aliphatic heterocycles. The first kappa shape index (κ1) is 20.2. The Morgan fingerprint density at radius 1 is 1.00 bits per heavy atom. The molecule has 0 radical (unpaired) electrons. The van der Waals surface area contributed by atoms with E-state index in [0.29, 0.717) is 21.7 Å². The van der Waals surface area contributed by atoms with Gasteiger partial charge in [-0.15, -0.1) is 0 Å². The lowest BCUT2D eigenvalue weighted by atomic mass is 9.94. The summed E-state index contributed by atoms with van der Waals surface area (Å²) in [5, 5.41) is 10.8. The van der Waals surface area contributed by atoms with Crippen molar-refractivity contribution in [2.75, 3.05) is 0 Å². The maximum atomic E-state index is 13.3. The van der Waals surface area contributed by atoms with Crippen LogP contribution in [-0.4, -0.2) is 5.78 Å². The second-order valence-corrected chi connectivity index (χ2v) is 8.20. The number of carbonyl (C=O) groups excluding carboxylic acids is 1. The Morgan fingerprint density at radius 3 is 2.47 bits per heavy atom. The van der Waals surface area contributed by atoms with Crippen LogP contribution in [0.4, 0.5) is 0 Å². The molecule has 4 rings (SSSR count). The molecule has 3 nitrogen and oxygen atoms in total. The summed E-state index contributed by atoms with van der Waals surface area (Å²) in [7, 11) is 0. The Balaban J connectivity index is 1.87. The Bertz CT molecular complexity index is 1330. The highest BCUT2D eigenvalue weighted by Crippen LogP contribution is 2.36. The molecule has 0 bridgehead atoms. The van der Waals surface area contributed by atoms with Crippen LogP contribution in [0.25, 0.3) is 22.1 Å². The van der Waals surface area contributed by atoms with E-state index in [9.17, 15) is 4.79 Å². The third kappa shape index (κ3) is 3.61. The summed E-state index contributed by atoms with van der Waals surface area (Å²) < 4.78 is 6.07. The Hall–Kier alpha value is -3.06. The van der Waals surface area contributed by atoms with E-state index in [-0.39, 0.29) is 22.5 Å². The van der Waals surface area contributed by atoms with Crippen molar-refractivity contribution < 1.29 is 9.21 Å². The van der Waals surface area contributed by atoms with E-state index in [0.717, 1.165) is 22.1 Å². The van der Waals surface area contributed by atoms with Gasteiger partial charge < -0.3 is 4.42 Å². The molecule has 4 aromatic rings. The van der Waals surface area contributed by atoms with Crippen LogP contribution >= 0.6 is 23.2 Å². The topological polar surface area (TPSA) is 54.0 Å². The predicted molar refractivity (Wildman–Crippen MR) is 120 cm³/mol. The molecule has 0 saturated carbocycles. The molecule has 0 atom stereocenters. The first-order valence-corrected chi connectivity index (χ1v) is 10.2. The molecule has 0 N–H and O–H groups in total. The minimum Gasteiger partial charge on any atom is -0.452 e. The molecular weight excluding hydrogens is 417 g/mol. The molecule has 0 amide bonds. The van der Waals surface area contributed by atoms with Gasteiger partial charge in [-0.2, -0.15) is 5.26 Å². The molecule has 0 aliphatic carbocycles. The van der Waals surface area contributed by atoms with Crippen molar-refractivity contribution in [1.82, 2.24) is 0 Å². The molecule has 0 aliphatic rings. The Morgan fingerprint density at radius 2 is 1.77 bits per heavy atom. The summed E-state index contributed by atoms with van der Waals surface area (Å²) in [6.45, 7) is 4.05. The number of nitriles is 1. The van der Waals surface area contributed by atoms with E-state index in [1.165, 1.54) is 0 Å². The van der Waals surface area contributed by atoms with Gasteiger partial charge in [-0.25, -0.2) is 0 Å². The number of hydrogen-bond acceptors (Lipinski definition) is 3. The van der Waals surface area contributed by atoms with Gasteiger partial charge in [-0.3, -0.25) is 4.79 Å². The van der Waals surface area contributed by atoms with Gasteiger partial charge in [0.1, 0.15) is 5.58 Å². The number of rotatable bonds is 4. The van der Waals surface area contributed by atoms with Gasteiger partial charge >= 0.3 is 0 Å². The van der Waals surface area contributed by atoms with Crippen LogP contribution < -0.4 is 0 Å². The van der Waals surface area contributed by atoms with Crippen molar-refractivity contribution in [3.05, 3.63) is 93.2 Å². The van der Waals surface area contributed by atoms with Gasteiger partial charge in [0.2, 0.25) is 5.78 Å². The van der Waals surface area contributed by atoms with E-state index in [2.05, 4.69) is 6.07 Å². The van der Waals surface area contributed by atoms with E-state index in [4.69, 9.17) is 32.9 Å². The number of furan rings is 1. The van der Waals surface area contributed by atoms with Crippen molar-refractivity contribution in [2.45, 2.75) is 19.8 Å². The van der Waals surface area contributed by atoms with Crippen LogP contribution in [0.15, 0.2) is 65.1 Å². The lowest BCUT2D eigenvalue weighted by molar-refractivity contribution is 0.101. The lowest BCUT2D eigenvalue weighted by Crippen LogP contribution is -2.05. The zero-order chi connectivity index (χ0) is 21.4. The van der Waals surface area contributed by atoms with Gasteiger partial charge in [-0.05, 0) is 53.4 Å². The average molecular weight is 434 g/mol. The van der Waals surface area contributed by atoms with Crippen molar-refractivity contribution in [3.63, 3.8) is 0 Å². The average Bonchev–Trinajstić information content (AvgIpc) is 3.12. The van der Waals surface area contributed by atoms with Crippen molar-refractivity contribution in [2.24, 2.45) is 0 Å². The highest BCUT2D eigenvalue weighted by atomic mass is 35.5. The molecule has 0 unspecified atom stereocenters. The van der Waals surface area contributed by atoms with Crippen LogP contribution in [0.5, 0.6) is 0 Å². The van der Waals surface area contributed by atoms with Crippen LogP contribution in [-0.2, 0) is 0 Å². The highest BCUT2D eigenvalue weighted by molar-refractivity contribution is 6.37. The van der Waals surface area contributed by atoms with E-state index in [1.54, 1.807) is 24.3 Å². The molecular formula is C25H17Cl2NO2. The molecule has 0 spiro atoms. The quantitative estimate of drug-likeness (QED) is 0.310. The number of hydrogen-bond donors (Lipinski definition) is 0. The number of nitrogens with zero attached hydrogens (tertiary/aromatic N) is 1. The van der Waals surface area contributed by atoms with Crippen molar-refractivity contribution in [3.8, 4) is 17.2 Å². The summed E-state index contributed by atoms with van der Waals surface area (Å²) in [5.74, 6) is 0.0841. The van der Waals surface area contributed by atoms with E-state index < -0.39 is 0 Å². The number of halogens is 2. The van der Waals surface area contributed by atoms with Crippen LogP contribution in [0.3, 0.4) is 0 Å². The molecule has 1 aromatic heterocycles. The SMILES string of the molecule is CC(C)c1c(C(=O)c2ccc(Cl)cc2Cl)oc2cc(-c3cccc(C#N)c3)ccc12.